The van der Waals surface area contributed by atoms with E-state index in [1.807, 2.05) is 31.2 Å². The normalized spacial score (nSPS) is 18.2. The molecule has 204 valence electrons. The summed E-state index contributed by atoms with van der Waals surface area (Å²) in [7, 11) is 0. The molecule has 1 N–H and O–H groups in total. The van der Waals surface area contributed by atoms with Crippen molar-refractivity contribution in [1.82, 2.24) is 25.2 Å². The molecule has 2 aliphatic heterocycles. The summed E-state index contributed by atoms with van der Waals surface area (Å²) in [6.45, 7) is 5.22. The number of hydrogen-bond acceptors (Lipinski definition) is 7. The van der Waals surface area contributed by atoms with Crippen LogP contribution in [0.15, 0.2) is 55.0 Å². The molecule has 1 aromatic carbocycles. The van der Waals surface area contributed by atoms with Gasteiger partial charge in [-0.2, -0.15) is 0 Å². The van der Waals surface area contributed by atoms with Gasteiger partial charge in [0.2, 0.25) is 0 Å². The molecule has 0 aliphatic carbocycles. The number of rotatable bonds is 2. The number of aryl methyl sites for hydroxylation is 1. The number of amides is 2. The molecular weight excluding hydrogens is 499 g/mol. The number of piperidine rings is 1. The zero-order chi connectivity index (χ0) is 27.2. The van der Waals surface area contributed by atoms with Crippen LogP contribution >= 0.6 is 0 Å². The van der Waals surface area contributed by atoms with Crippen molar-refractivity contribution in [3.05, 3.63) is 77.8 Å². The molecular formula is C29H33FN6O3. The van der Waals surface area contributed by atoms with Gasteiger partial charge < -0.3 is 19.9 Å². The molecule has 0 bridgehead atoms. The molecule has 9 nitrogen and oxygen atoms in total. The van der Waals surface area contributed by atoms with Crippen molar-refractivity contribution in [3.8, 4) is 5.75 Å². The number of halogens is 1. The maximum atomic E-state index is 13.7. The van der Waals surface area contributed by atoms with Crippen molar-refractivity contribution in [2.75, 3.05) is 44.2 Å². The number of carbonyl (C=O) groups excluding carboxylic acids is 2. The minimum Gasteiger partial charge on any atom is -0.492 e. The van der Waals surface area contributed by atoms with Crippen LogP contribution in [0.4, 0.5) is 10.2 Å². The molecule has 3 aromatic rings. The standard InChI is InChI=1S/C29H33FN6O3/c1-21-32-11-7-26(34-21)35-13-4-8-29(20-39-25-6-3-2-5-24(25)27(37)33-12-16-35)9-14-36(15-10-29)28(38)22-17-23(30)19-31-18-22/h2-3,5-7,11,17-19H,4,8-10,12-16,20H2,1H3,(H,33,37). The second kappa shape index (κ2) is 11.8. The second-order valence-electron chi connectivity index (χ2n) is 10.3. The van der Waals surface area contributed by atoms with E-state index >= 15 is 0 Å². The van der Waals surface area contributed by atoms with Gasteiger partial charge in [0.15, 0.2) is 0 Å². The first-order chi connectivity index (χ1) is 18.9. The van der Waals surface area contributed by atoms with Crippen molar-refractivity contribution in [3.63, 3.8) is 0 Å². The number of para-hydroxylation sites is 1. The summed E-state index contributed by atoms with van der Waals surface area (Å²) in [4.78, 5) is 42.7. The highest BCUT2D eigenvalue weighted by atomic mass is 19.1. The van der Waals surface area contributed by atoms with Gasteiger partial charge in [-0.15, -0.1) is 0 Å². The zero-order valence-electron chi connectivity index (χ0n) is 22.1. The Kier molecular flexibility index (Phi) is 7.99. The van der Waals surface area contributed by atoms with E-state index in [9.17, 15) is 14.0 Å². The third-order valence-corrected chi connectivity index (χ3v) is 7.62. The number of likely N-dealkylation sites (tertiary alicyclic amines) is 1. The van der Waals surface area contributed by atoms with Crippen molar-refractivity contribution in [1.29, 1.82) is 0 Å². The lowest BCUT2D eigenvalue weighted by molar-refractivity contribution is 0.0364. The van der Waals surface area contributed by atoms with Gasteiger partial charge >= 0.3 is 0 Å². The van der Waals surface area contributed by atoms with Crippen LogP contribution in [0.3, 0.4) is 0 Å². The molecule has 0 saturated carbocycles. The molecule has 2 aromatic heterocycles. The fraction of sp³-hybridized carbons (Fsp3) is 0.414. The van der Waals surface area contributed by atoms with Gasteiger partial charge in [-0.25, -0.2) is 14.4 Å². The lowest BCUT2D eigenvalue weighted by Gasteiger charge is -2.42. The van der Waals surface area contributed by atoms with Crippen molar-refractivity contribution < 1.29 is 18.7 Å². The summed E-state index contributed by atoms with van der Waals surface area (Å²) in [5.41, 5.74) is 0.581. The predicted molar refractivity (Wildman–Crippen MR) is 144 cm³/mol. The number of fused-ring (bicyclic) bond motifs is 1. The van der Waals surface area contributed by atoms with E-state index in [1.165, 1.54) is 12.3 Å². The van der Waals surface area contributed by atoms with Crippen LogP contribution in [0.2, 0.25) is 0 Å². The molecule has 10 heteroatoms. The number of hydrogen-bond donors (Lipinski definition) is 1. The van der Waals surface area contributed by atoms with E-state index in [2.05, 4.69) is 25.2 Å². The van der Waals surface area contributed by atoms with Crippen LogP contribution in [0.5, 0.6) is 5.75 Å². The Morgan fingerprint density at radius 3 is 2.69 bits per heavy atom. The summed E-state index contributed by atoms with van der Waals surface area (Å²) in [6.07, 6.45) is 7.51. The molecule has 5 rings (SSSR count). The number of carbonyl (C=O) groups is 2. The number of benzene rings is 1. The highest BCUT2D eigenvalue weighted by molar-refractivity contribution is 5.97. The smallest absolute Gasteiger partial charge is 0.255 e. The van der Waals surface area contributed by atoms with E-state index in [0.717, 1.165) is 44.2 Å². The number of anilines is 1. The Hall–Kier alpha value is -4.08. The van der Waals surface area contributed by atoms with Crippen molar-refractivity contribution >= 4 is 17.6 Å². The third kappa shape index (κ3) is 6.32. The van der Waals surface area contributed by atoms with Gasteiger partial charge in [-0.3, -0.25) is 14.6 Å². The quantitative estimate of drug-likeness (QED) is 0.538. The minimum absolute atomic E-state index is 0.179. The fourth-order valence-electron chi connectivity index (χ4n) is 5.38. The van der Waals surface area contributed by atoms with Crippen LogP contribution in [-0.4, -0.2) is 71.0 Å². The summed E-state index contributed by atoms with van der Waals surface area (Å²) in [5.74, 6) is 1.17. The Balaban J connectivity index is 1.36. The number of aromatic nitrogens is 3. The second-order valence-corrected chi connectivity index (χ2v) is 10.3. The first kappa shape index (κ1) is 26.5. The van der Waals surface area contributed by atoms with Gasteiger partial charge in [-0.05, 0) is 56.9 Å². The highest BCUT2D eigenvalue weighted by Gasteiger charge is 2.37. The molecule has 1 saturated heterocycles. The lowest BCUT2D eigenvalue weighted by Crippen LogP contribution is -2.46. The molecule has 0 atom stereocenters. The first-order valence-corrected chi connectivity index (χ1v) is 13.4. The Morgan fingerprint density at radius 1 is 1.08 bits per heavy atom. The van der Waals surface area contributed by atoms with E-state index < -0.39 is 5.82 Å². The number of pyridine rings is 1. The maximum Gasteiger partial charge on any atom is 0.255 e. The number of ether oxygens (including phenoxy) is 1. The van der Waals surface area contributed by atoms with Gasteiger partial charge in [-0.1, -0.05) is 12.1 Å². The molecule has 39 heavy (non-hydrogen) atoms. The van der Waals surface area contributed by atoms with E-state index in [-0.39, 0.29) is 22.8 Å². The van der Waals surface area contributed by atoms with Gasteiger partial charge in [0, 0.05) is 50.5 Å². The topological polar surface area (TPSA) is 101 Å². The Labute approximate surface area is 227 Å². The van der Waals surface area contributed by atoms with Crippen molar-refractivity contribution in [2.24, 2.45) is 5.41 Å². The van der Waals surface area contributed by atoms with Crippen LogP contribution < -0.4 is 15.0 Å². The molecule has 2 aliphatic rings. The Morgan fingerprint density at radius 2 is 1.90 bits per heavy atom. The average molecular weight is 533 g/mol. The summed E-state index contributed by atoms with van der Waals surface area (Å²) < 4.78 is 20.0. The molecule has 2 amide bonds. The van der Waals surface area contributed by atoms with E-state index in [1.54, 1.807) is 17.2 Å². The lowest BCUT2D eigenvalue weighted by atomic mass is 9.75. The summed E-state index contributed by atoms with van der Waals surface area (Å²) in [5, 5.41) is 3.02. The van der Waals surface area contributed by atoms with Gasteiger partial charge in [0.05, 0.1) is 23.9 Å². The molecule has 0 unspecified atom stereocenters. The van der Waals surface area contributed by atoms with Crippen LogP contribution in [0, 0.1) is 18.2 Å². The predicted octanol–water partition coefficient (Wildman–Crippen LogP) is 3.65. The zero-order valence-corrected chi connectivity index (χ0v) is 22.1. The molecule has 1 spiro atoms. The van der Waals surface area contributed by atoms with Crippen molar-refractivity contribution in [2.45, 2.75) is 32.6 Å². The van der Waals surface area contributed by atoms with Crippen LogP contribution in [0.25, 0.3) is 0 Å². The molecule has 1 fully saturated rings. The fourth-order valence-corrected chi connectivity index (χ4v) is 5.38. The van der Waals surface area contributed by atoms with Gasteiger partial charge in [0.25, 0.3) is 11.8 Å². The van der Waals surface area contributed by atoms with E-state index in [0.29, 0.717) is 49.9 Å². The summed E-state index contributed by atoms with van der Waals surface area (Å²) >= 11 is 0. The monoisotopic (exact) mass is 532 g/mol. The van der Waals surface area contributed by atoms with Crippen LogP contribution in [-0.2, 0) is 0 Å². The largest absolute Gasteiger partial charge is 0.492 e. The Bertz CT molecular complexity index is 1330. The minimum atomic E-state index is -0.524. The number of nitrogens with zero attached hydrogens (tertiary/aromatic N) is 5. The van der Waals surface area contributed by atoms with Gasteiger partial charge in [0.1, 0.15) is 23.2 Å². The highest BCUT2D eigenvalue weighted by Crippen LogP contribution is 2.38. The molecule has 4 heterocycles. The average Bonchev–Trinajstić information content (AvgIpc) is 2.96. The first-order valence-electron chi connectivity index (χ1n) is 13.4. The van der Waals surface area contributed by atoms with E-state index in [4.69, 9.17) is 4.74 Å². The SMILES string of the molecule is Cc1nccc(N2CCCC3(CCN(C(=O)c4cncc(F)c4)CC3)COc3ccccc3C(=O)NCC2)n1. The van der Waals surface area contributed by atoms with Crippen LogP contribution in [0.1, 0.15) is 52.2 Å². The number of nitrogens with one attached hydrogen (secondary N) is 1. The maximum absolute atomic E-state index is 13.7. The molecule has 0 radical (unpaired) electrons. The third-order valence-electron chi connectivity index (χ3n) is 7.62. The summed E-state index contributed by atoms with van der Waals surface area (Å²) in [6, 6.07) is 10.4.